The molecule has 0 unspecified atom stereocenters. The summed E-state index contributed by atoms with van der Waals surface area (Å²) in [6, 6.07) is -0.186. The van der Waals surface area contributed by atoms with Crippen molar-refractivity contribution in [2.24, 2.45) is 0 Å². The van der Waals surface area contributed by atoms with Crippen molar-refractivity contribution in [2.45, 2.75) is 18.9 Å². The minimum atomic E-state index is -0.289. The van der Waals surface area contributed by atoms with Gasteiger partial charge in [0.15, 0.2) is 0 Å². The van der Waals surface area contributed by atoms with E-state index in [1.807, 2.05) is 10.9 Å². The molecule has 8 heteroatoms. The van der Waals surface area contributed by atoms with Gasteiger partial charge in [0.05, 0.1) is 12.2 Å². The van der Waals surface area contributed by atoms with Gasteiger partial charge in [-0.05, 0) is 12.8 Å². The lowest BCUT2D eigenvalue weighted by atomic mass is 10.1. The summed E-state index contributed by atoms with van der Waals surface area (Å²) in [7, 11) is 0. The number of hydrogen-bond donors (Lipinski definition) is 1. The van der Waals surface area contributed by atoms with Crippen LogP contribution in [0.1, 0.15) is 18.9 Å². The van der Waals surface area contributed by atoms with Crippen molar-refractivity contribution in [2.75, 3.05) is 26.2 Å². The molecule has 1 aromatic rings. The third kappa shape index (κ3) is 2.25. The van der Waals surface area contributed by atoms with Crippen molar-refractivity contribution in [3.63, 3.8) is 0 Å². The van der Waals surface area contributed by atoms with Crippen molar-refractivity contribution in [3.05, 3.63) is 12.4 Å². The maximum atomic E-state index is 12.2. The largest absolute Gasteiger partial charge is 0.336 e. The Balaban J connectivity index is 1.58. The first-order chi connectivity index (χ1) is 9.25. The van der Waals surface area contributed by atoms with Gasteiger partial charge < -0.3 is 10.2 Å². The number of nitrogens with zero attached hydrogens (tertiary/aromatic N) is 5. The average Bonchev–Trinajstić information content (AvgIpc) is 3.09. The van der Waals surface area contributed by atoms with E-state index in [2.05, 4.69) is 15.6 Å². The Labute approximate surface area is 110 Å². The highest BCUT2D eigenvalue weighted by molar-refractivity contribution is 5.94. The fraction of sp³-hybridized carbons (Fsp3) is 0.636. The summed E-state index contributed by atoms with van der Waals surface area (Å²) >= 11 is 0. The van der Waals surface area contributed by atoms with Gasteiger partial charge in [-0.25, -0.2) is 19.2 Å². The number of nitrogens with one attached hydrogen (secondary N) is 1. The molecule has 2 aliphatic heterocycles. The second-order valence-electron chi connectivity index (χ2n) is 4.77. The van der Waals surface area contributed by atoms with Crippen LogP contribution in [0.25, 0.3) is 0 Å². The van der Waals surface area contributed by atoms with Gasteiger partial charge in [0.1, 0.15) is 0 Å². The summed E-state index contributed by atoms with van der Waals surface area (Å²) < 4.78 is 1.84. The topological polar surface area (TPSA) is 83.4 Å². The van der Waals surface area contributed by atoms with Crippen LogP contribution in [0.3, 0.4) is 0 Å². The SMILES string of the molecule is O=C1NCCN1C(=O)N1CCC(n2ccnn2)CC1. The third-order valence-corrected chi connectivity index (χ3v) is 3.64. The van der Waals surface area contributed by atoms with Crippen LogP contribution in [-0.4, -0.2) is 63.0 Å². The number of amides is 4. The lowest BCUT2D eigenvalue weighted by Crippen LogP contribution is -2.48. The van der Waals surface area contributed by atoms with Gasteiger partial charge in [-0.3, -0.25) is 0 Å². The highest BCUT2D eigenvalue weighted by Gasteiger charge is 2.32. The molecule has 2 aliphatic rings. The van der Waals surface area contributed by atoms with Crippen LogP contribution in [0.15, 0.2) is 12.4 Å². The van der Waals surface area contributed by atoms with Crippen molar-refractivity contribution in [1.82, 2.24) is 30.1 Å². The van der Waals surface area contributed by atoms with Gasteiger partial charge >= 0.3 is 12.1 Å². The van der Waals surface area contributed by atoms with Crippen molar-refractivity contribution in [1.29, 1.82) is 0 Å². The summed E-state index contributed by atoms with van der Waals surface area (Å²) in [4.78, 5) is 26.6. The van der Waals surface area contributed by atoms with Crippen LogP contribution in [0, 0.1) is 0 Å². The van der Waals surface area contributed by atoms with E-state index in [-0.39, 0.29) is 12.1 Å². The molecule has 8 nitrogen and oxygen atoms in total. The zero-order chi connectivity index (χ0) is 13.2. The minimum Gasteiger partial charge on any atom is -0.336 e. The Bertz CT molecular complexity index is 466. The predicted molar refractivity (Wildman–Crippen MR) is 65.4 cm³/mol. The van der Waals surface area contributed by atoms with Crippen LogP contribution in [0.5, 0.6) is 0 Å². The molecule has 0 aromatic carbocycles. The van der Waals surface area contributed by atoms with E-state index in [1.165, 1.54) is 4.90 Å². The van der Waals surface area contributed by atoms with Gasteiger partial charge in [-0.1, -0.05) is 5.21 Å². The molecule has 1 N–H and O–H groups in total. The number of rotatable bonds is 1. The maximum absolute atomic E-state index is 12.2. The summed E-state index contributed by atoms with van der Waals surface area (Å²) in [6.45, 7) is 2.29. The van der Waals surface area contributed by atoms with Crippen molar-refractivity contribution < 1.29 is 9.59 Å². The number of hydrogen-bond acceptors (Lipinski definition) is 4. The standard InChI is InChI=1S/C11H16N6O2/c18-10-12-3-7-16(10)11(19)15-5-1-9(2-6-15)17-8-4-13-14-17/h4,8-9H,1-3,5-7H2,(H,12,18). The maximum Gasteiger partial charge on any atom is 0.328 e. The highest BCUT2D eigenvalue weighted by Crippen LogP contribution is 2.22. The van der Waals surface area contributed by atoms with Crippen molar-refractivity contribution in [3.8, 4) is 0 Å². The van der Waals surface area contributed by atoms with Gasteiger partial charge in [0.25, 0.3) is 0 Å². The number of piperidine rings is 1. The summed E-state index contributed by atoms with van der Waals surface area (Å²) in [5.74, 6) is 0. The number of aromatic nitrogens is 3. The smallest absolute Gasteiger partial charge is 0.328 e. The van der Waals surface area contributed by atoms with E-state index in [9.17, 15) is 9.59 Å². The molecule has 102 valence electrons. The van der Waals surface area contributed by atoms with Gasteiger partial charge in [0, 0.05) is 32.4 Å². The Hall–Kier alpha value is -2.12. The predicted octanol–water partition coefficient (Wildman–Crippen LogP) is 0.0602. The van der Waals surface area contributed by atoms with Crippen LogP contribution in [0.2, 0.25) is 0 Å². The molecule has 0 saturated carbocycles. The van der Waals surface area contributed by atoms with E-state index in [1.54, 1.807) is 11.1 Å². The quantitative estimate of drug-likeness (QED) is 0.777. The number of carbonyl (C=O) groups excluding carboxylic acids is 2. The molecule has 4 amide bonds. The van der Waals surface area contributed by atoms with Crippen LogP contribution >= 0.6 is 0 Å². The minimum absolute atomic E-state index is 0.188. The zero-order valence-electron chi connectivity index (χ0n) is 10.5. The highest BCUT2D eigenvalue weighted by atomic mass is 16.2. The summed E-state index contributed by atoms with van der Waals surface area (Å²) in [6.07, 6.45) is 5.18. The molecule has 0 bridgehead atoms. The van der Waals surface area contributed by atoms with E-state index >= 15 is 0 Å². The summed E-state index contributed by atoms with van der Waals surface area (Å²) in [5, 5.41) is 10.4. The second kappa shape index (κ2) is 4.87. The molecule has 2 saturated heterocycles. The lowest BCUT2D eigenvalue weighted by Gasteiger charge is -2.33. The van der Waals surface area contributed by atoms with Gasteiger partial charge in [-0.15, -0.1) is 5.10 Å². The van der Waals surface area contributed by atoms with E-state index in [4.69, 9.17) is 0 Å². The van der Waals surface area contributed by atoms with Crippen LogP contribution in [-0.2, 0) is 0 Å². The first-order valence-corrected chi connectivity index (χ1v) is 6.46. The first kappa shape index (κ1) is 11.9. The molecule has 0 aliphatic carbocycles. The number of imide groups is 1. The Morgan fingerprint density at radius 3 is 2.68 bits per heavy atom. The summed E-state index contributed by atoms with van der Waals surface area (Å²) in [5.41, 5.74) is 0. The molecule has 3 heterocycles. The van der Waals surface area contributed by atoms with E-state index in [0.717, 1.165) is 12.8 Å². The molecule has 0 radical (unpaired) electrons. The second-order valence-corrected chi connectivity index (χ2v) is 4.77. The first-order valence-electron chi connectivity index (χ1n) is 6.46. The molecular weight excluding hydrogens is 248 g/mol. The zero-order valence-corrected chi connectivity index (χ0v) is 10.5. The van der Waals surface area contributed by atoms with Crippen LogP contribution in [0.4, 0.5) is 9.59 Å². The molecule has 19 heavy (non-hydrogen) atoms. The Morgan fingerprint density at radius 2 is 2.11 bits per heavy atom. The lowest BCUT2D eigenvalue weighted by molar-refractivity contribution is 0.142. The molecule has 3 rings (SSSR count). The van der Waals surface area contributed by atoms with Crippen molar-refractivity contribution >= 4 is 12.1 Å². The van der Waals surface area contributed by atoms with Gasteiger partial charge in [-0.2, -0.15) is 0 Å². The van der Waals surface area contributed by atoms with E-state index < -0.39 is 0 Å². The third-order valence-electron chi connectivity index (χ3n) is 3.64. The fourth-order valence-electron chi connectivity index (χ4n) is 2.56. The Kier molecular flexibility index (Phi) is 3.06. The Morgan fingerprint density at radius 1 is 1.32 bits per heavy atom. The average molecular weight is 264 g/mol. The molecular formula is C11H16N6O2. The number of likely N-dealkylation sites (tertiary alicyclic amines) is 1. The normalized spacial score (nSPS) is 20.7. The number of urea groups is 2. The van der Waals surface area contributed by atoms with Gasteiger partial charge in [0.2, 0.25) is 0 Å². The molecule has 1 aromatic heterocycles. The molecule has 2 fully saturated rings. The number of carbonyl (C=O) groups is 2. The van der Waals surface area contributed by atoms with Crippen LogP contribution < -0.4 is 5.32 Å². The molecule has 0 spiro atoms. The fourth-order valence-corrected chi connectivity index (χ4v) is 2.56. The molecule has 0 atom stereocenters. The van der Waals surface area contributed by atoms with E-state index in [0.29, 0.717) is 32.2 Å². The monoisotopic (exact) mass is 264 g/mol.